The van der Waals surface area contributed by atoms with Crippen molar-refractivity contribution in [2.75, 3.05) is 19.4 Å². The molecule has 0 radical (unpaired) electrons. The van der Waals surface area contributed by atoms with Crippen LogP contribution in [-0.2, 0) is 22.0 Å². The van der Waals surface area contributed by atoms with E-state index < -0.39 is 27.1 Å². The van der Waals surface area contributed by atoms with Gasteiger partial charge in [-0.25, -0.2) is 27.1 Å². The van der Waals surface area contributed by atoms with E-state index in [4.69, 9.17) is 15.2 Å². The summed E-state index contributed by atoms with van der Waals surface area (Å²) in [6.45, 7) is 3.75. The number of hydrogen-bond donors (Lipinski definition) is 1. The van der Waals surface area contributed by atoms with Gasteiger partial charge in [0.2, 0.25) is 16.0 Å². The Balaban J connectivity index is 1.63. The molecule has 11 heteroatoms. The second kappa shape index (κ2) is 7.73. The Bertz CT molecular complexity index is 1230. The van der Waals surface area contributed by atoms with Crippen LogP contribution in [0.4, 0.5) is 4.39 Å². The second-order valence-corrected chi connectivity index (χ2v) is 10.1. The topological polar surface area (TPSA) is 124 Å². The first-order valence-electron chi connectivity index (χ1n) is 9.92. The zero-order valence-electron chi connectivity index (χ0n) is 17.8. The number of carbonyl (C=O) groups excluding carboxylic acids is 1. The number of nitrogens with zero attached hydrogens (tertiary/aromatic N) is 3. The van der Waals surface area contributed by atoms with E-state index in [1.807, 2.05) is 6.92 Å². The van der Waals surface area contributed by atoms with Gasteiger partial charge in [-0.1, -0.05) is 6.07 Å². The van der Waals surface area contributed by atoms with Gasteiger partial charge in [0.15, 0.2) is 17.3 Å². The lowest BCUT2D eigenvalue weighted by Crippen LogP contribution is -2.50. The average Bonchev–Trinajstić information content (AvgIpc) is 2.72. The van der Waals surface area contributed by atoms with Crippen LogP contribution in [0.1, 0.15) is 35.5 Å². The van der Waals surface area contributed by atoms with Gasteiger partial charge in [0, 0.05) is 25.1 Å². The number of aliphatic imine (C=N–C) groups is 1. The number of Topliss-reactive ketones (excluding diaryl/α,β-unsaturated/α-hetero) is 1. The number of benzene rings is 1. The summed E-state index contributed by atoms with van der Waals surface area (Å²) >= 11 is 0. The first-order chi connectivity index (χ1) is 15.0. The molecule has 170 valence electrons. The molecular weight excluding hydrogens is 439 g/mol. The summed E-state index contributed by atoms with van der Waals surface area (Å²) in [6.07, 6.45) is 1.22. The van der Waals surface area contributed by atoms with E-state index in [0.717, 1.165) is 4.31 Å². The van der Waals surface area contributed by atoms with E-state index in [1.54, 1.807) is 0 Å². The van der Waals surface area contributed by atoms with Crippen LogP contribution >= 0.6 is 0 Å². The smallest absolute Gasteiger partial charge is 0.239 e. The molecule has 0 aliphatic carbocycles. The molecule has 0 spiro atoms. The summed E-state index contributed by atoms with van der Waals surface area (Å²) in [6, 6.07) is 5.63. The van der Waals surface area contributed by atoms with Crippen LogP contribution in [0.5, 0.6) is 11.5 Å². The normalized spacial score (nSPS) is 24.1. The Morgan fingerprint density at radius 3 is 2.81 bits per heavy atom. The fourth-order valence-electron chi connectivity index (χ4n) is 3.69. The number of aromatic nitrogens is 1. The van der Waals surface area contributed by atoms with Crippen LogP contribution in [0.25, 0.3) is 0 Å². The zero-order valence-corrected chi connectivity index (χ0v) is 18.6. The van der Waals surface area contributed by atoms with Crippen molar-refractivity contribution in [3.63, 3.8) is 0 Å². The number of nitrogens with two attached hydrogens (primary N) is 1. The van der Waals surface area contributed by atoms with Gasteiger partial charge in [-0.15, -0.1) is 0 Å². The number of hydrogen-bond acceptors (Lipinski definition) is 8. The van der Waals surface area contributed by atoms with E-state index in [1.165, 1.54) is 44.4 Å². The predicted molar refractivity (Wildman–Crippen MR) is 115 cm³/mol. The molecule has 0 saturated heterocycles. The summed E-state index contributed by atoms with van der Waals surface area (Å²) in [7, 11) is -2.48. The molecular formula is C21H23FN4O5S. The minimum atomic E-state index is -3.77. The molecule has 0 bridgehead atoms. The maximum Gasteiger partial charge on any atom is 0.239 e. The highest BCUT2D eigenvalue weighted by Gasteiger charge is 2.41. The summed E-state index contributed by atoms with van der Waals surface area (Å²) in [4.78, 5) is 21.2. The van der Waals surface area contributed by atoms with E-state index in [0.29, 0.717) is 23.7 Å². The van der Waals surface area contributed by atoms with Gasteiger partial charge >= 0.3 is 0 Å². The summed E-state index contributed by atoms with van der Waals surface area (Å²) < 4.78 is 51.7. The number of ether oxygens (including phenoxy) is 2. The van der Waals surface area contributed by atoms with Crippen LogP contribution < -0.4 is 15.2 Å². The number of pyridine rings is 1. The minimum Gasteiger partial charge on any atom is -0.484 e. The van der Waals surface area contributed by atoms with Crippen molar-refractivity contribution in [2.45, 2.75) is 31.9 Å². The van der Waals surface area contributed by atoms with Crippen molar-refractivity contribution >= 4 is 21.8 Å². The van der Waals surface area contributed by atoms with Gasteiger partial charge < -0.3 is 15.2 Å². The molecule has 32 heavy (non-hydrogen) atoms. The molecule has 0 amide bonds. The van der Waals surface area contributed by atoms with Crippen molar-refractivity contribution in [3.8, 4) is 11.5 Å². The molecule has 2 aliphatic heterocycles. The minimum absolute atomic E-state index is 0.0476. The second-order valence-electron chi connectivity index (χ2n) is 8.14. The monoisotopic (exact) mass is 462 g/mol. The van der Waals surface area contributed by atoms with Crippen LogP contribution in [0.2, 0.25) is 0 Å². The third kappa shape index (κ3) is 3.99. The first kappa shape index (κ1) is 22.0. The molecule has 3 heterocycles. The number of carbonyl (C=O) groups is 1. The third-order valence-corrected chi connectivity index (χ3v) is 7.41. The van der Waals surface area contributed by atoms with Crippen LogP contribution in [0.15, 0.2) is 35.5 Å². The number of sulfonamides is 1. The van der Waals surface area contributed by atoms with E-state index in [-0.39, 0.29) is 35.5 Å². The Labute approximate surface area is 185 Å². The number of rotatable bonds is 4. The molecule has 4 rings (SSSR count). The highest BCUT2D eigenvalue weighted by Crippen LogP contribution is 2.34. The number of fused-ring (bicyclic) bond motifs is 1. The molecule has 2 aromatic rings. The number of guanidine groups is 1. The predicted octanol–water partition coefficient (Wildman–Crippen LogP) is 1.61. The Morgan fingerprint density at radius 2 is 2.09 bits per heavy atom. The lowest BCUT2D eigenvalue weighted by atomic mass is 9.91. The van der Waals surface area contributed by atoms with Crippen LogP contribution in [0.3, 0.4) is 0 Å². The van der Waals surface area contributed by atoms with Crippen molar-refractivity contribution in [1.82, 2.24) is 9.29 Å². The van der Waals surface area contributed by atoms with E-state index in [2.05, 4.69) is 9.98 Å². The molecule has 0 saturated carbocycles. The van der Waals surface area contributed by atoms with Crippen molar-refractivity contribution in [3.05, 3.63) is 53.1 Å². The maximum atomic E-state index is 14.7. The maximum absolute atomic E-state index is 14.7. The Morgan fingerprint density at radius 1 is 1.34 bits per heavy atom. The average molecular weight is 463 g/mol. The third-order valence-electron chi connectivity index (χ3n) is 5.46. The van der Waals surface area contributed by atoms with Crippen molar-refractivity contribution in [2.24, 2.45) is 10.7 Å². The highest BCUT2D eigenvalue weighted by atomic mass is 32.2. The van der Waals surface area contributed by atoms with Gasteiger partial charge in [-0.05, 0) is 31.5 Å². The van der Waals surface area contributed by atoms with Gasteiger partial charge in [0.05, 0.1) is 11.9 Å². The van der Waals surface area contributed by atoms with Crippen LogP contribution in [0, 0.1) is 5.82 Å². The molecule has 1 aromatic carbocycles. The molecule has 2 aliphatic rings. The fraction of sp³-hybridized carbons (Fsp3) is 0.381. The van der Waals surface area contributed by atoms with E-state index in [9.17, 15) is 17.6 Å². The first-order valence-corrected chi connectivity index (χ1v) is 11.5. The van der Waals surface area contributed by atoms with Gasteiger partial charge in [-0.2, -0.15) is 0 Å². The van der Waals surface area contributed by atoms with Crippen molar-refractivity contribution in [1.29, 1.82) is 0 Å². The Kier molecular flexibility index (Phi) is 5.32. The lowest BCUT2D eigenvalue weighted by molar-refractivity contribution is 0.0968. The standard InChI is InChI=1S/C21H23FN4O5S/c1-12-10-30-19-9-24-16(8-18(19)31-12)17(27)7-13-4-5-15(22)14(6-13)21(2)11-32(28,29)26(3)20(23)25-21/h4-6,8-9,12H,7,10-11H2,1-3H3,(H2,23,25)/t12-,21+/m1/s1. The quantitative estimate of drug-likeness (QED) is 0.685. The van der Waals surface area contributed by atoms with E-state index >= 15 is 0 Å². The van der Waals surface area contributed by atoms with Gasteiger partial charge in [-0.3, -0.25) is 4.79 Å². The largest absolute Gasteiger partial charge is 0.484 e. The zero-order chi connectivity index (χ0) is 23.3. The molecule has 0 unspecified atom stereocenters. The van der Waals surface area contributed by atoms with Crippen molar-refractivity contribution < 1.29 is 27.1 Å². The summed E-state index contributed by atoms with van der Waals surface area (Å²) in [5.41, 5.74) is 5.06. The number of halogens is 1. The molecule has 1 aromatic heterocycles. The molecule has 2 atom stereocenters. The SMILES string of the molecule is C[C@@H]1COc2cnc(C(=O)Cc3ccc(F)c([C@]4(C)CS(=O)(=O)N(C)C(N)=N4)c3)cc2O1. The van der Waals surface area contributed by atoms with Crippen LogP contribution in [-0.4, -0.2) is 55.0 Å². The fourth-order valence-corrected chi connectivity index (χ4v) is 5.14. The lowest BCUT2D eigenvalue weighted by Gasteiger charge is -2.34. The van der Waals surface area contributed by atoms with Gasteiger partial charge in [0.25, 0.3) is 0 Å². The molecule has 0 fully saturated rings. The highest BCUT2D eigenvalue weighted by molar-refractivity contribution is 7.89. The van der Waals surface area contributed by atoms with Gasteiger partial charge in [0.1, 0.15) is 29.8 Å². The summed E-state index contributed by atoms with van der Waals surface area (Å²) in [5.74, 6) is -0.712. The Hall–Kier alpha value is -3.21. The molecule has 9 nitrogen and oxygen atoms in total. The number of ketones is 1. The molecule has 2 N–H and O–H groups in total. The summed E-state index contributed by atoms with van der Waals surface area (Å²) in [5, 5.41) is 0.